The van der Waals surface area contributed by atoms with Crippen LogP contribution in [0.2, 0.25) is 0 Å². The van der Waals surface area contributed by atoms with Crippen molar-refractivity contribution in [3.63, 3.8) is 0 Å². The lowest BCUT2D eigenvalue weighted by molar-refractivity contribution is -0.133. The number of thiophene rings is 1. The predicted molar refractivity (Wildman–Crippen MR) is 76.6 cm³/mol. The van der Waals surface area contributed by atoms with E-state index in [9.17, 15) is 9.59 Å². The molecule has 2 amide bonds. The zero-order valence-electron chi connectivity index (χ0n) is 11.9. The molecule has 0 radical (unpaired) electrons. The van der Waals surface area contributed by atoms with Gasteiger partial charge in [-0.05, 0) is 38.8 Å². The van der Waals surface area contributed by atoms with Gasteiger partial charge < -0.3 is 10.2 Å². The second-order valence-electron chi connectivity index (χ2n) is 5.32. The number of aryl methyl sites for hydroxylation is 2. The van der Waals surface area contributed by atoms with Gasteiger partial charge >= 0.3 is 0 Å². The SMILES string of the molecule is CCc1cc(C(=O)N2CCNC(=O)C2(C)C)sc1C. The van der Waals surface area contributed by atoms with E-state index in [1.165, 1.54) is 21.8 Å². The number of nitrogens with one attached hydrogen (secondary N) is 1. The molecule has 0 aromatic carbocycles. The summed E-state index contributed by atoms with van der Waals surface area (Å²) >= 11 is 1.52. The van der Waals surface area contributed by atoms with Gasteiger partial charge in [0, 0.05) is 18.0 Å². The standard InChI is InChI=1S/C14H20N2O2S/c1-5-10-8-11(19-9(10)2)12(17)16-7-6-15-13(18)14(16,3)4/h8H,5-7H2,1-4H3,(H,15,18). The molecule has 4 nitrogen and oxygen atoms in total. The zero-order valence-corrected chi connectivity index (χ0v) is 12.7. The van der Waals surface area contributed by atoms with Gasteiger partial charge in [0.15, 0.2) is 0 Å². The Balaban J connectivity index is 2.30. The molecule has 2 heterocycles. The molecule has 2 rings (SSSR count). The first-order valence-electron chi connectivity index (χ1n) is 6.57. The molecule has 1 aliphatic heterocycles. The number of amides is 2. The fourth-order valence-electron chi connectivity index (χ4n) is 2.36. The van der Waals surface area contributed by atoms with Crippen molar-refractivity contribution >= 4 is 23.2 Å². The van der Waals surface area contributed by atoms with Crippen LogP contribution < -0.4 is 5.32 Å². The Morgan fingerprint density at radius 3 is 2.79 bits per heavy atom. The van der Waals surface area contributed by atoms with E-state index in [1.54, 1.807) is 18.7 Å². The molecule has 0 aliphatic carbocycles. The van der Waals surface area contributed by atoms with Crippen LogP contribution in [0, 0.1) is 6.92 Å². The first-order chi connectivity index (χ1) is 8.87. The molecule has 0 unspecified atom stereocenters. The summed E-state index contributed by atoms with van der Waals surface area (Å²) in [5.74, 6) is -0.122. The van der Waals surface area contributed by atoms with Crippen LogP contribution >= 0.6 is 11.3 Å². The number of nitrogens with zero attached hydrogens (tertiary/aromatic N) is 1. The van der Waals surface area contributed by atoms with E-state index in [2.05, 4.69) is 12.2 Å². The van der Waals surface area contributed by atoms with Gasteiger partial charge in [-0.25, -0.2) is 0 Å². The van der Waals surface area contributed by atoms with Crippen molar-refractivity contribution in [2.45, 2.75) is 39.7 Å². The van der Waals surface area contributed by atoms with Crippen molar-refractivity contribution in [1.82, 2.24) is 10.2 Å². The lowest BCUT2D eigenvalue weighted by atomic mass is 9.98. The molecular weight excluding hydrogens is 260 g/mol. The van der Waals surface area contributed by atoms with Crippen LogP contribution in [0.25, 0.3) is 0 Å². The summed E-state index contributed by atoms with van der Waals surface area (Å²) in [5.41, 5.74) is 0.437. The Hall–Kier alpha value is -1.36. The van der Waals surface area contributed by atoms with Crippen LogP contribution in [0.15, 0.2) is 6.07 Å². The number of hydrogen-bond donors (Lipinski definition) is 1. The van der Waals surface area contributed by atoms with Crippen LogP contribution in [0.3, 0.4) is 0 Å². The highest BCUT2D eigenvalue weighted by Crippen LogP contribution is 2.27. The van der Waals surface area contributed by atoms with Gasteiger partial charge in [-0.3, -0.25) is 9.59 Å². The van der Waals surface area contributed by atoms with Crippen molar-refractivity contribution in [1.29, 1.82) is 0 Å². The van der Waals surface area contributed by atoms with Crippen molar-refractivity contribution in [3.05, 3.63) is 21.4 Å². The van der Waals surface area contributed by atoms with E-state index >= 15 is 0 Å². The summed E-state index contributed by atoms with van der Waals surface area (Å²) in [6.07, 6.45) is 0.930. The molecule has 0 spiro atoms. The molecule has 1 fully saturated rings. The average Bonchev–Trinajstić information content (AvgIpc) is 2.73. The third-order valence-electron chi connectivity index (χ3n) is 3.71. The second kappa shape index (κ2) is 4.96. The summed E-state index contributed by atoms with van der Waals surface area (Å²) in [5, 5.41) is 2.81. The molecule has 1 aromatic rings. The minimum absolute atomic E-state index is 0.0346. The van der Waals surface area contributed by atoms with Gasteiger partial charge in [0.1, 0.15) is 5.54 Å². The highest BCUT2D eigenvalue weighted by atomic mass is 32.1. The maximum atomic E-state index is 12.6. The smallest absolute Gasteiger partial charge is 0.264 e. The van der Waals surface area contributed by atoms with Crippen molar-refractivity contribution < 1.29 is 9.59 Å². The van der Waals surface area contributed by atoms with Gasteiger partial charge in [0.05, 0.1) is 4.88 Å². The number of carbonyl (C=O) groups excluding carboxylic acids is 2. The minimum atomic E-state index is -0.778. The van der Waals surface area contributed by atoms with E-state index in [0.29, 0.717) is 13.1 Å². The van der Waals surface area contributed by atoms with E-state index in [1.807, 2.05) is 13.0 Å². The van der Waals surface area contributed by atoms with Gasteiger partial charge in [0.2, 0.25) is 5.91 Å². The van der Waals surface area contributed by atoms with Gasteiger partial charge in [-0.15, -0.1) is 11.3 Å². The lowest BCUT2D eigenvalue weighted by Crippen LogP contribution is -2.63. The van der Waals surface area contributed by atoms with Crippen molar-refractivity contribution in [2.75, 3.05) is 13.1 Å². The molecule has 1 aliphatic rings. The van der Waals surface area contributed by atoms with Crippen LogP contribution in [0.4, 0.5) is 0 Å². The van der Waals surface area contributed by atoms with Crippen molar-refractivity contribution in [3.8, 4) is 0 Å². The number of hydrogen-bond acceptors (Lipinski definition) is 3. The first-order valence-corrected chi connectivity index (χ1v) is 7.39. The third-order valence-corrected chi connectivity index (χ3v) is 4.79. The monoisotopic (exact) mass is 280 g/mol. The normalized spacial score (nSPS) is 18.3. The number of carbonyl (C=O) groups is 2. The zero-order chi connectivity index (χ0) is 14.2. The molecule has 19 heavy (non-hydrogen) atoms. The maximum absolute atomic E-state index is 12.6. The lowest BCUT2D eigenvalue weighted by Gasteiger charge is -2.40. The minimum Gasteiger partial charge on any atom is -0.352 e. The molecule has 0 saturated carbocycles. The Labute approximate surface area is 117 Å². The Morgan fingerprint density at radius 2 is 2.21 bits per heavy atom. The number of piperazine rings is 1. The van der Waals surface area contributed by atoms with Crippen LogP contribution in [0.1, 0.15) is 40.9 Å². The average molecular weight is 280 g/mol. The van der Waals surface area contributed by atoms with E-state index in [4.69, 9.17) is 0 Å². The van der Waals surface area contributed by atoms with Gasteiger partial charge in [-0.2, -0.15) is 0 Å². The fraction of sp³-hybridized carbons (Fsp3) is 0.571. The molecule has 0 bridgehead atoms. The summed E-state index contributed by atoms with van der Waals surface area (Å²) < 4.78 is 0. The number of rotatable bonds is 2. The first kappa shape index (κ1) is 14.1. The Morgan fingerprint density at radius 1 is 1.53 bits per heavy atom. The van der Waals surface area contributed by atoms with E-state index in [0.717, 1.165) is 11.3 Å². The van der Waals surface area contributed by atoms with Crippen LogP contribution in [-0.2, 0) is 11.2 Å². The molecule has 1 aromatic heterocycles. The van der Waals surface area contributed by atoms with E-state index in [-0.39, 0.29) is 11.8 Å². The van der Waals surface area contributed by atoms with Gasteiger partial charge in [0.25, 0.3) is 5.91 Å². The summed E-state index contributed by atoms with van der Waals surface area (Å²) in [6, 6.07) is 1.96. The molecule has 0 atom stereocenters. The quantitative estimate of drug-likeness (QED) is 0.900. The van der Waals surface area contributed by atoms with Crippen LogP contribution in [0.5, 0.6) is 0 Å². The predicted octanol–water partition coefficient (Wildman–Crippen LogP) is 1.97. The maximum Gasteiger partial charge on any atom is 0.264 e. The molecule has 1 saturated heterocycles. The Kier molecular flexibility index (Phi) is 3.67. The topological polar surface area (TPSA) is 49.4 Å². The molecule has 5 heteroatoms. The highest BCUT2D eigenvalue weighted by Gasteiger charge is 2.41. The van der Waals surface area contributed by atoms with E-state index < -0.39 is 5.54 Å². The third kappa shape index (κ3) is 2.39. The van der Waals surface area contributed by atoms with Gasteiger partial charge in [-0.1, -0.05) is 6.92 Å². The Bertz CT molecular complexity index is 520. The summed E-state index contributed by atoms with van der Waals surface area (Å²) in [7, 11) is 0. The largest absolute Gasteiger partial charge is 0.352 e. The van der Waals surface area contributed by atoms with Crippen LogP contribution in [-0.4, -0.2) is 35.3 Å². The summed E-state index contributed by atoms with van der Waals surface area (Å²) in [6.45, 7) is 8.80. The second-order valence-corrected chi connectivity index (χ2v) is 6.57. The summed E-state index contributed by atoms with van der Waals surface area (Å²) in [4.78, 5) is 28.1. The fourth-order valence-corrected chi connectivity index (χ4v) is 3.43. The van der Waals surface area contributed by atoms with Crippen molar-refractivity contribution in [2.24, 2.45) is 0 Å². The molecular formula is C14H20N2O2S. The molecule has 1 N–H and O–H groups in total. The highest BCUT2D eigenvalue weighted by molar-refractivity contribution is 7.14. The molecule has 104 valence electrons.